The molecular formula is C21H19F3N4O4S. The Balaban J connectivity index is 1.28. The summed E-state index contributed by atoms with van der Waals surface area (Å²) in [7, 11) is 0. The average Bonchev–Trinajstić information content (AvgIpc) is 3.28. The summed E-state index contributed by atoms with van der Waals surface area (Å²) in [6.45, 7) is 2.47. The van der Waals surface area contributed by atoms with Crippen LogP contribution in [0.25, 0.3) is 10.2 Å². The van der Waals surface area contributed by atoms with Crippen molar-refractivity contribution in [2.24, 2.45) is 0 Å². The van der Waals surface area contributed by atoms with Gasteiger partial charge in [-0.25, -0.2) is 9.37 Å². The maximum absolute atomic E-state index is 14.6. The molecule has 33 heavy (non-hydrogen) atoms. The molecule has 8 nitrogen and oxygen atoms in total. The average molecular weight is 480 g/mol. The number of hydrogen-bond donors (Lipinski definition) is 1. The van der Waals surface area contributed by atoms with Crippen LogP contribution in [-0.2, 0) is 4.79 Å². The number of nitrogens with zero attached hydrogens (tertiary/aromatic N) is 3. The summed E-state index contributed by atoms with van der Waals surface area (Å²) in [6.07, 6.45) is -1.85. The molecule has 1 N–H and O–H groups in total. The number of alkyl halides is 3. The molecule has 3 atom stereocenters. The van der Waals surface area contributed by atoms with Crippen LogP contribution in [0.4, 0.5) is 18.3 Å². The van der Waals surface area contributed by atoms with Gasteiger partial charge in [-0.05, 0) is 18.9 Å². The van der Waals surface area contributed by atoms with E-state index >= 15 is 0 Å². The number of fused-ring (bicyclic) bond motifs is 2. The smallest absolute Gasteiger partial charge is 0.586 e. The molecule has 0 bridgehead atoms. The zero-order valence-corrected chi connectivity index (χ0v) is 18.2. The second-order valence-electron chi connectivity index (χ2n) is 8.02. The highest BCUT2D eigenvalue weighted by Gasteiger charge is 2.43. The number of amides is 1. The fourth-order valence-corrected chi connectivity index (χ4v) is 4.97. The van der Waals surface area contributed by atoms with Crippen LogP contribution in [-0.4, -0.2) is 47.4 Å². The monoisotopic (exact) mass is 480 g/mol. The molecule has 12 heteroatoms. The van der Waals surface area contributed by atoms with Crippen LogP contribution >= 0.6 is 11.3 Å². The number of rotatable bonds is 4. The number of piperidine rings is 1. The second-order valence-corrected chi connectivity index (χ2v) is 9.05. The van der Waals surface area contributed by atoms with Crippen LogP contribution in [0.15, 0.2) is 36.7 Å². The van der Waals surface area contributed by atoms with Gasteiger partial charge in [0.15, 0.2) is 29.0 Å². The highest BCUT2D eigenvalue weighted by molar-refractivity contribution is 7.22. The Morgan fingerprint density at radius 3 is 2.76 bits per heavy atom. The maximum Gasteiger partial charge on any atom is 0.586 e. The second kappa shape index (κ2) is 8.03. The van der Waals surface area contributed by atoms with Gasteiger partial charge in [-0.2, -0.15) is 4.73 Å². The van der Waals surface area contributed by atoms with Gasteiger partial charge in [0.25, 0.3) is 0 Å². The lowest BCUT2D eigenvalue weighted by molar-refractivity contribution is -0.605. The molecule has 1 amide bonds. The van der Waals surface area contributed by atoms with Crippen molar-refractivity contribution in [2.45, 2.75) is 37.8 Å². The number of pyridine rings is 1. The predicted octanol–water partition coefficient (Wildman–Crippen LogP) is 3.41. The number of carbonyl (C=O) groups is 1. The molecule has 0 aliphatic carbocycles. The van der Waals surface area contributed by atoms with Crippen LogP contribution in [0.5, 0.6) is 11.5 Å². The SMILES string of the molecule is C[C@@H](C(=O)Nc1nc2cc3c(cc2s1)OC(F)(F)O3)N1CC[C@@H](F)[C@H](c2cc[n+]([O-])cc2)C1. The van der Waals surface area contributed by atoms with Crippen LogP contribution in [0.1, 0.15) is 24.8 Å². The predicted molar refractivity (Wildman–Crippen MR) is 113 cm³/mol. The topological polar surface area (TPSA) is 90.6 Å². The molecule has 0 radical (unpaired) electrons. The Labute approximate surface area is 190 Å². The molecule has 1 saturated heterocycles. The Morgan fingerprint density at radius 2 is 2.03 bits per heavy atom. The number of anilines is 1. The lowest BCUT2D eigenvalue weighted by Gasteiger charge is -2.37. The van der Waals surface area contributed by atoms with E-state index in [1.54, 1.807) is 19.1 Å². The van der Waals surface area contributed by atoms with Crippen molar-refractivity contribution in [1.82, 2.24) is 9.88 Å². The van der Waals surface area contributed by atoms with Crippen molar-refractivity contribution in [1.29, 1.82) is 0 Å². The van der Waals surface area contributed by atoms with Crippen LogP contribution in [0.2, 0.25) is 0 Å². The molecule has 0 spiro atoms. The molecule has 0 saturated carbocycles. The van der Waals surface area contributed by atoms with Gasteiger partial charge in [-0.3, -0.25) is 9.69 Å². The fraction of sp³-hybridized carbons (Fsp3) is 0.381. The van der Waals surface area contributed by atoms with Gasteiger partial charge in [0.1, 0.15) is 6.17 Å². The summed E-state index contributed by atoms with van der Waals surface area (Å²) < 4.78 is 51.1. The van der Waals surface area contributed by atoms with Crippen molar-refractivity contribution in [3.8, 4) is 11.5 Å². The molecule has 4 heterocycles. The first-order valence-corrected chi connectivity index (χ1v) is 11.1. The van der Waals surface area contributed by atoms with E-state index in [0.29, 0.717) is 38.7 Å². The molecule has 1 fully saturated rings. The molecule has 3 aromatic rings. The lowest BCUT2D eigenvalue weighted by atomic mass is 9.89. The normalized spacial score (nSPS) is 22.9. The molecule has 0 unspecified atom stereocenters. The maximum atomic E-state index is 14.6. The lowest BCUT2D eigenvalue weighted by Crippen LogP contribution is -2.49. The van der Waals surface area contributed by atoms with E-state index < -0.39 is 24.4 Å². The first kappa shape index (κ1) is 21.7. The van der Waals surface area contributed by atoms with Gasteiger partial charge < -0.3 is 20.0 Å². The minimum atomic E-state index is -3.71. The van der Waals surface area contributed by atoms with Crippen molar-refractivity contribution < 1.29 is 32.2 Å². The largest absolute Gasteiger partial charge is 0.619 e. The number of nitrogens with one attached hydrogen (secondary N) is 1. The van der Waals surface area contributed by atoms with E-state index in [1.165, 1.54) is 24.5 Å². The van der Waals surface area contributed by atoms with Gasteiger partial charge >= 0.3 is 6.29 Å². The Bertz CT molecular complexity index is 1160. The summed E-state index contributed by atoms with van der Waals surface area (Å²) in [6, 6.07) is 5.37. The van der Waals surface area contributed by atoms with Gasteiger partial charge in [0.2, 0.25) is 5.91 Å². The highest BCUT2D eigenvalue weighted by Crippen LogP contribution is 2.44. The van der Waals surface area contributed by atoms with Crippen molar-refractivity contribution in [2.75, 3.05) is 18.4 Å². The number of hydrogen-bond acceptors (Lipinski definition) is 7. The van der Waals surface area contributed by atoms with E-state index in [-0.39, 0.29) is 23.8 Å². The number of ether oxygens (including phenoxy) is 2. The van der Waals surface area contributed by atoms with Crippen molar-refractivity contribution in [3.05, 3.63) is 47.4 Å². The van der Waals surface area contributed by atoms with E-state index in [2.05, 4.69) is 19.8 Å². The zero-order valence-electron chi connectivity index (χ0n) is 17.3. The zero-order chi connectivity index (χ0) is 23.3. The minimum absolute atomic E-state index is 0.0917. The summed E-state index contributed by atoms with van der Waals surface area (Å²) in [4.78, 5) is 19.0. The quantitative estimate of drug-likeness (QED) is 0.455. The first-order valence-electron chi connectivity index (χ1n) is 10.3. The Hall–Kier alpha value is -3.12. The van der Waals surface area contributed by atoms with E-state index in [9.17, 15) is 23.2 Å². The van der Waals surface area contributed by atoms with Crippen LogP contribution in [0, 0.1) is 5.21 Å². The first-order chi connectivity index (χ1) is 15.7. The Morgan fingerprint density at radius 1 is 1.33 bits per heavy atom. The molecule has 2 aromatic heterocycles. The van der Waals surface area contributed by atoms with Gasteiger partial charge in [0, 0.05) is 43.3 Å². The fourth-order valence-electron chi connectivity index (χ4n) is 4.09. The molecule has 174 valence electrons. The molecule has 2 aliphatic heterocycles. The van der Waals surface area contributed by atoms with Gasteiger partial charge in [-0.1, -0.05) is 11.3 Å². The summed E-state index contributed by atoms with van der Waals surface area (Å²) >= 11 is 1.12. The number of aromatic nitrogens is 2. The van der Waals surface area contributed by atoms with Gasteiger partial charge in [-0.15, -0.1) is 8.78 Å². The highest BCUT2D eigenvalue weighted by atomic mass is 32.1. The minimum Gasteiger partial charge on any atom is -0.619 e. The number of benzene rings is 1. The summed E-state index contributed by atoms with van der Waals surface area (Å²) in [5.41, 5.74) is 1.10. The number of halogens is 3. The van der Waals surface area contributed by atoms with Crippen LogP contribution in [0.3, 0.4) is 0 Å². The van der Waals surface area contributed by atoms with Crippen molar-refractivity contribution >= 4 is 32.6 Å². The molecule has 5 rings (SSSR count). The van der Waals surface area contributed by atoms with Crippen LogP contribution < -0.4 is 19.5 Å². The molecule has 2 aliphatic rings. The summed E-state index contributed by atoms with van der Waals surface area (Å²) in [5.74, 6) is -0.973. The molecular weight excluding hydrogens is 461 g/mol. The third kappa shape index (κ3) is 4.27. The third-order valence-corrected chi connectivity index (χ3v) is 6.82. The molecule has 1 aromatic carbocycles. The van der Waals surface area contributed by atoms with E-state index in [0.717, 1.165) is 11.3 Å². The van der Waals surface area contributed by atoms with Gasteiger partial charge in [0.05, 0.1) is 16.3 Å². The van der Waals surface area contributed by atoms with E-state index in [1.807, 2.05) is 4.90 Å². The number of carbonyl (C=O) groups excluding carboxylic acids is 1. The van der Waals surface area contributed by atoms with E-state index in [4.69, 9.17) is 0 Å². The number of likely N-dealkylation sites (tertiary alicyclic amines) is 1. The third-order valence-electron chi connectivity index (χ3n) is 5.88. The standard InChI is InChI=1S/C21H19F3N4O4S/c1-11(27-5-4-14(22)13(10-27)12-2-6-28(30)7-3-12)19(29)26-20-25-15-8-16-17(9-18(15)33-20)32-21(23,24)31-16/h2-3,6-9,11,13-14H,4-5,10H2,1H3,(H,25,26,29)/t11-,13-,14+/m0/s1. The van der Waals surface area contributed by atoms with Crippen molar-refractivity contribution in [3.63, 3.8) is 0 Å². The number of thiazole rings is 1. The Kier molecular flexibility index (Phi) is 5.28. The summed E-state index contributed by atoms with van der Waals surface area (Å²) in [5, 5.41) is 14.3.